The average Bonchev–Trinajstić information content (AvgIpc) is 3.08. The van der Waals surface area contributed by atoms with Crippen LogP contribution in [-0.4, -0.2) is 23.8 Å². The van der Waals surface area contributed by atoms with Gasteiger partial charge in [0.15, 0.2) is 5.78 Å². The van der Waals surface area contributed by atoms with Crippen LogP contribution >= 0.6 is 15.9 Å². The van der Waals surface area contributed by atoms with Gasteiger partial charge in [0.05, 0.1) is 6.61 Å². The van der Waals surface area contributed by atoms with Gasteiger partial charge < -0.3 is 10.1 Å². The van der Waals surface area contributed by atoms with Crippen LogP contribution in [0.25, 0.3) is 0 Å². The van der Waals surface area contributed by atoms with Crippen molar-refractivity contribution in [3.05, 3.63) is 75.8 Å². The van der Waals surface area contributed by atoms with E-state index in [1.54, 1.807) is 18.2 Å². The zero-order valence-electron chi connectivity index (χ0n) is 15.7. The molecule has 1 heterocycles. The Kier molecular flexibility index (Phi) is 5.11. The van der Waals surface area contributed by atoms with Crippen LogP contribution in [-0.2, 0) is 4.79 Å². The van der Waals surface area contributed by atoms with E-state index in [0.717, 1.165) is 28.6 Å². The normalized spacial score (nSPS) is 23.6. The number of nitrogens with one attached hydrogen (secondary N) is 1. The first-order valence-electron chi connectivity index (χ1n) is 9.48. The van der Waals surface area contributed by atoms with Crippen molar-refractivity contribution in [2.24, 2.45) is 0 Å². The first-order valence-corrected chi connectivity index (χ1v) is 10.3. The van der Waals surface area contributed by atoms with Crippen LogP contribution in [0.3, 0.4) is 0 Å². The SMILES string of the molecule is CC1(NC(=O)c2cccc(Br)c2)CCC(CC2COc3ccccc32)=CC1=O. The monoisotopic (exact) mass is 439 g/mol. The van der Waals surface area contributed by atoms with E-state index in [4.69, 9.17) is 4.74 Å². The van der Waals surface area contributed by atoms with Gasteiger partial charge in [0, 0.05) is 21.5 Å². The van der Waals surface area contributed by atoms with E-state index in [-0.39, 0.29) is 17.6 Å². The summed E-state index contributed by atoms with van der Waals surface area (Å²) in [6.07, 6.45) is 3.94. The van der Waals surface area contributed by atoms with E-state index in [0.29, 0.717) is 18.6 Å². The first-order chi connectivity index (χ1) is 13.4. The second kappa shape index (κ2) is 7.55. The molecular weight excluding hydrogens is 418 g/mol. The van der Waals surface area contributed by atoms with Crippen molar-refractivity contribution in [1.82, 2.24) is 5.32 Å². The van der Waals surface area contributed by atoms with Gasteiger partial charge in [-0.25, -0.2) is 0 Å². The summed E-state index contributed by atoms with van der Waals surface area (Å²) in [5, 5.41) is 2.94. The Hall–Kier alpha value is -2.40. The smallest absolute Gasteiger partial charge is 0.252 e. The van der Waals surface area contributed by atoms with Gasteiger partial charge in [0.25, 0.3) is 5.91 Å². The fourth-order valence-corrected chi connectivity index (χ4v) is 4.30. The number of ether oxygens (including phenoxy) is 1. The number of hydrogen-bond donors (Lipinski definition) is 1. The maximum Gasteiger partial charge on any atom is 0.252 e. The molecule has 1 N–H and O–H groups in total. The maximum absolute atomic E-state index is 12.8. The topological polar surface area (TPSA) is 55.4 Å². The second-order valence-electron chi connectivity index (χ2n) is 7.71. The van der Waals surface area contributed by atoms with Gasteiger partial charge in [-0.05, 0) is 56.5 Å². The third-order valence-electron chi connectivity index (χ3n) is 5.61. The Morgan fingerprint density at radius 3 is 2.86 bits per heavy atom. The number of amides is 1. The molecule has 1 aliphatic heterocycles. The van der Waals surface area contributed by atoms with Crippen molar-refractivity contribution in [1.29, 1.82) is 0 Å². The van der Waals surface area contributed by atoms with E-state index in [1.165, 1.54) is 5.56 Å². The van der Waals surface area contributed by atoms with Crippen LogP contribution in [0.4, 0.5) is 0 Å². The average molecular weight is 440 g/mol. The third kappa shape index (κ3) is 3.76. The van der Waals surface area contributed by atoms with Crippen molar-refractivity contribution in [3.8, 4) is 5.75 Å². The van der Waals surface area contributed by atoms with E-state index >= 15 is 0 Å². The number of carbonyl (C=O) groups excluding carboxylic acids is 2. The molecule has 5 heteroatoms. The summed E-state index contributed by atoms with van der Waals surface area (Å²) >= 11 is 3.38. The highest BCUT2D eigenvalue weighted by atomic mass is 79.9. The van der Waals surface area contributed by atoms with Gasteiger partial charge >= 0.3 is 0 Å². The molecule has 2 aromatic rings. The lowest BCUT2D eigenvalue weighted by Crippen LogP contribution is -2.53. The molecule has 0 spiro atoms. The number of benzene rings is 2. The highest BCUT2D eigenvalue weighted by Crippen LogP contribution is 2.39. The molecule has 144 valence electrons. The molecule has 1 amide bonds. The van der Waals surface area contributed by atoms with Gasteiger partial charge in [-0.1, -0.05) is 45.8 Å². The zero-order valence-corrected chi connectivity index (χ0v) is 17.3. The Labute approximate surface area is 173 Å². The molecule has 0 saturated carbocycles. The fourth-order valence-electron chi connectivity index (χ4n) is 3.90. The van der Waals surface area contributed by atoms with Crippen LogP contribution in [0.5, 0.6) is 5.75 Å². The Morgan fingerprint density at radius 2 is 2.07 bits per heavy atom. The van der Waals surface area contributed by atoms with E-state index in [2.05, 4.69) is 27.3 Å². The summed E-state index contributed by atoms with van der Waals surface area (Å²) in [6.45, 7) is 2.47. The summed E-state index contributed by atoms with van der Waals surface area (Å²) in [5.41, 5.74) is 2.02. The molecule has 0 fully saturated rings. The molecule has 2 aromatic carbocycles. The first kappa shape index (κ1) is 18.9. The predicted octanol–water partition coefficient (Wildman–Crippen LogP) is 4.79. The largest absolute Gasteiger partial charge is 0.493 e. The van der Waals surface area contributed by atoms with Gasteiger partial charge in [0.1, 0.15) is 11.3 Å². The minimum atomic E-state index is -0.868. The molecule has 4 rings (SSSR count). The van der Waals surface area contributed by atoms with Gasteiger partial charge in [-0.2, -0.15) is 0 Å². The third-order valence-corrected chi connectivity index (χ3v) is 6.10. The number of fused-ring (bicyclic) bond motifs is 1. The van der Waals surface area contributed by atoms with Crippen molar-refractivity contribution >= 4 is 27.6 Å². The van der Waals surface area contributed by atoms with Crippen LogP contribution < -0.4 is 10.1 Å². The molecule has 0 bridgehead atoms. The number of carbonyl (C=O) groups is 2. The Bertz CT molecular complexity index is 968. The highest BCUT2D eigenvalue weighted by molar-refractivity contribution is 9.10. The number of para-hydroxylation sites is 1. The fraction of sp³-hybridized carbons (Fsp3) is 0.304. The van der Waals surface area contributed by atoms with Crippen LogP contribution in [0, 0.1) is 0 Å². The van der Waals surface area contributed by atoms with E-state index in [9.17, 15) is 9.59 Å². The molecule has 0 aromatic heterocycles. The number of hydrogen-bond acceptors (Lipinski definition) is 3. The molecular formula is C23H22BrNO3. The minimum absolute atomic E-state index is 0.0377. The van der Waals surface area contributed by atoms with Crippen molar-refractivity contribution in [2.45, 2.75) is 37.6 Å². The van der Waals surface area contributed by atoms with E-state index < -0.39 is 5.54 Å². The minimum Gasteiger partial charge on any atom is -0.493 e. The summed E-state index contributed by atoms with van der Waals surface area (Å²) in [5.74, 6) is 0.966. The zero-order chi connectivity index (χ0) is 19.7. The lowest BCUT2D eigenvalue weighted by atomic mass is 9.79. The number of ketones is 1. The summed E-state index contributed by atoms with van der Waals surface area (Å²) < 4.78 is 6.59. The molecule has 2 atom stereocenters. The summed E-state index contributed by atoms with van der Waals surface area (Å²) in [7, 11) is 0. The van der Waals surface area contributed by atoms with Crippen molar-refractivity contribution in [2.75, 3.05) is 6.61 Å². The number of rotatable bonds is 4. The predicted molar refractivity (Wildman–Crippen MR) is 112 cm³/mol. The lowest BCUT2D eigenvalue weighted by molar-refractivity contribution is -0.120. The van der Waals surface area contributed by atoms with E-state index in [1.807, 2.05) is 37.3 Å². The second-order valence-corrected chi connectivity index (χ2v) is 8.63. The van der Waals surface area contributed by atoms with Gasteiger partial charge in [-0.15, -0.1) is 0 Å². The lowest BCUT2D eigenvalue weighted by Gasteiger charge is -2.33. The van der Waals surface area contributed by atoms with Gasteiger partial charge in [-0.3, -0.25) is 9.59 Å². The van der Waals surface area contributed by atoms with Gasteiger partial charge in [0.2, 0.25) is 0 Å². The quantitative estimate of drug-likeness (QED) is 0.744. The summed E-state index contributed by atoms with van der Waals surface area (Å²) in [6, 6.07) is 15.3. The molecule has 4 nitrogen and oxygen atoms in total. The van der Waals surface area contributed by atoms with Crippen molar-refractivity contribution < 1.29 is 14.3 Å². The standard InChI is InChI=1S/C23H22BrNO3/c1-23(25-22(27)16-5-4-6-18(24)13-16)10-9-15(12-21(23)26)11-17-14-28-20-8-3-2-7-19(17)20/h2-8,12-13,17H,9-11,14H2,1H3,(H,25,27). The number of halogens is 1. The summed E-state index contributed by atoms with van der Waals surface area (Å²) in [4.78, 5) is 25.4. The molecule has 0 saturated heterocycles. The Balaban J connectivity index is 1.45. The molecule has 28 heavy (non-hydrogen) atoms. The molecule has 2 aliphatic rings. The van der Waals surface area contributed by atoms with Crippen LogP contribution in [0.2, 0.25) is 0 Å². The molecule has 0 radical (unpaired) electrons. The van der Waals surface area contributed by atoms with Crippen LogP contribution in [0.1, 0.15) is 48.0 Å². The highest BCUT2D eigenvalue weighted by Gasteiger charge is 2.37. The molecule has 2 unspecified atom stereocenters. The number of allylic oxidation sites excluding steroid dienone is 1. The maximum atomic E-state index is 12.8. The van der Waals surface area contributed by atoms with Crippen LogP contribution in [0.15, 0.2) is 64.7 Å². The Morgan fingerprint density at radius 1 is 1.25 bits per heavy atom. The molecule has 1 aliphatic carbocycles. The van der Waals surface area contributed by atoms with Crippen molar-refractivity contribution in [3.63, 3.8) is 0 Å².